The maximum absolute atomic E-state index is 12.4. The van der Waals surface area contributed by atoms with Crippen molar-refractivity contribution in [3.05, 3.63) is 45.1 Å². The second-order valence-electron chi connectivity index (χ2n) is 5.33. The number of aryl methyl sites for hydroxylation is 1. The minimum absolute atomic E-state index is 0.0216. The molecule has 3 rings (SSSR count). The van der Waals surface area contributed by atoms with Gasteiger partial charge in [0, 0.05) is 44.5 Å². The Kier molecular flexibility index (Phi) is 4.73. The molecule has 2 aromatic heterocycles. The molecule has 1 aliphatic heterocycles. The molecule has 7 nitrogen and oxygen atoms in total. The Morgan fingerprint density at radius 3 is 3.22 bits per heavy atom. The van der Waals surface area contributed by atoms with E-state index >= 15 is 0 Å². The minimum atomic E-state index is -0.186. The van der Waals surface area contributed by atoms with Crippen molar-refractivity contribution in [1.29, 1.82) is 0 Å². The summed E-state index contributed by atoms with van der Waals surface area (Å²) in [7, 11) is 1.67. The second-order valence-corrected chi connectivity index (χ2v) is 6.11. The lowest BCUT2D eigenvalue weighted by molar-refractivity contribution is -0.0149. The molecule has 0 unspecified atom stereocenters. The normalized spacial score (nSPS) is 18.0. The summed E-state index contributed by atoms with van der Waals surface area (Å²) in [5.41, 5.74) is 0.525. The van der Waals surface area contributed by atoms with E-state index in [1.807, 2.05) is 16.8 Å². The van der Waals surface area contributed by atoms with Crippen LogP contribution in [0, 0.1) is 0 Å². The van der Waals surface area contributed by atoms with Crippen molar-refractivity contribution >= 4 is 23.1 Å². The molecule has 23 heavy (non-hydrogen) atoms. The number of anilines is 1. The van der Waals surface area contributed by atoms with Gasteiger partial charge in [-0.05, 0) is 11.4 Å². The van der Waals surface area contributed by atoms with E-state index in [0.717, 1.165) is 0 Å². The van der Waals surface area contributed by atoms with Crippen LogP contribution in [0.4, 0.5) is 5.82 Å². The van der Waals surface area contributed by atoms with Crippen molar-refractivity contribution in [1.82, 2.24) is 14.5 Å². The van der Waals surface area contributed by atoms with E-state index in [-0.39, 0.29) is 17.6 Å². The first-order chi connectivity index (χ1) is 11.1. The van der Waals surface area contributed by atoms with Gasteiger partial charge in [-0.2, -0.15) is 11.3 Å². The van der Waals surface area contributed by atoms with Crippen LogP contribution in [0.1, 0.15) is 10.4 Å². The fourth-order valence-corrected chi connectivity index (χ4v) is 3.06. The third-order valence-electron chi connectivity index (χ3n) is 3.71. The average molecular weight is 334 g/mol. The zero-order valence-corrected chi connectivity index (χ0v) is 13.6. The molecule has 122 valence electrons. The van der Waals surface area contributed by atoms with Crippen LogP contribution in [0.3, 0.4) is 0 Å². The highest BCUT2D eigenvalue weighted by molar-refractivity contribution is 7.08. The molecular weight excluding hydrogens is 316 g/mol. The summed E-state index contributed by atoms with van der Waals surface area (Å²) in [5.74, 6) is 0.313. The summed E-state index contributed by atoms with van der Waals surface area (Å²) in [6, 6.07) is 1.83. The van der Waals surface area contributed by atoms with Crippen molar-refractivity contribution < 1.29 is 9.53 Å². The van der Waals surface area contributed by atoms with Gasteiger partial charge in [0.1, 0.15) is 0 Å². The summed E-state index contributed by atoms with van der Waals surface area (Å²) in [6.45, 7) is 1.99. The lowest BCUT2D eigenvalue weighted by Gasteiger charge is -2.33. The lowest BCUT2D eigenvalue weighted by atomic mass is 10.2. The summed E-state index contributed by atoms with van der Waals surface area (Å²) >= 11 is 1.51. The van der Waals surface area contributed by atoms with E-state index in [4.69, 9.17) is 4.74 Å². The van der Waals surface area contributed by atoms with Gasteiger partial charge >= 0.3 is 0 Å². The molecule has 0 aromatic carbocycles. The zero-order valence-electron chi connectivity index (χ0n) is 12.8. The number of ether oxygens (including phenoxy) is 1. The van der Waals surface area contributed by atoms with Gasteiger partial charge in [-0.15, -0.1) is 0 Å². The van der Waals surface area contributed by atoms with Gasteiger partial charge in [0.2, 0.25) is 0 Å². The summed E-state index contributed by atoms with van der Waals surface area (Å²) < 4.78 is 7.14. The molecule has 1 fully saturated rings. The van der Waals surface area contributed by atoms with Crippen LogP contribution in [0.5, 0.6) is 0 Å². The van der Waals surface area contributed by atoms with Gasteiger partial charge in [-0.25, -0.2) is 4.98 Å². The predicted molar refractivity (Wildman–Crippen MR) is 87.9 cm³/mol. The van der Waals surface area contributed by atoms with E-state index in [1.165, 1.54) is 15.9 Å². The van der Waals surface area contributed by atoms with Crippen LogP contribution in [0.2, 0.25) is 0 Å². The first-order valence-corrected chi connectivity index (χ1v) is 8.28. The number of hydrogen-bond donors (Lipinski definition) is 1. The van der Waals surface area contributed by atoms with Crippen LogP contribution < -0.4 is 10.9 Å². The molecule has 1 amide bonds. The Morgan fingerprint density at radius 1 is 1.57 bits per heavy atom. The summed E-state index contributed by atoms with van der Waals surface area (Å²) in [4.78, 5) is 30.1. The average Bonchev–Trinajstić information content (AvgIpc) is 3.10. The standard InChI is InChI=1S/C15H18N4O3S/c1-18-4-3-16-13(15(18)21)17-8-12-9-19(5-6-22-12)14(20)11-2-7-23-10-11/h2-4,7,10,12H,5-6,8-9H2,1H3,(H,16,17)/t12-/m0/s1. The van der Waals surface area contributed by atoms with Crippen LogP contribution in [-0.4, -0.2) is 52.7 Å². The van der Waals surface area contributed by atoms with Crippen LogP contribution in [0.15, 0.2) is 34.0 Å². The molecule has 1 atom stereocenters. The Bertz CT molecular complexity index is 729. The third kappa shape index (κ3) is 3.59. The molecule has 3 heterocycles. The monoisotopic (exact) mass is 334 g/mol. The van der Waals surface area contributed by atoms with Crippen molar-refractivity contribution in [2.45, 2.75) is 6.10 Å². The number of nitrogens with one attached hydrogen (secondary N) is 1. The van der Waals surface area contributed by atoms with Gasteiger partial charge in [0.15, 0.2) is 5.82 Å². The number of carbonyl (C=O) groups excluding carboxylic acids is 1. The Morgan fingerprint density at radius 2 is 2.43 bits per heavy atom. The molecule has 2 aromatic rings. The Labute approximate surface area is 137 Å². The number of rotatable bonds is 4. The van der Waals surface area contributed by atoms with Crippen molar-refractivity contribution in [3.8, 4) is 0 Å². The second kappa shape index (κ2) is 6.93. The van der Waals surface area contributed by atoms with Crippen molar-refractivity contribution in [3.63, 3.8) is 0 Å². The maximum Gasteiger partial charge on any atom is 0.293 e. The van der Waals surface area contributed by atoms with E-state index in [2.05, 4.69) is 10.3 Å². The Balaban J connectivity index is 1.60. The predicted octanol–water partition coefficient (Wildman–Crippen LogP) is 0.795. The van der Waals surface area contributed by atoms with E-state index < -0.39 is 0 Å². The largest absolute Gasteiger partial charge is 0.373 e. The third-order valence-corrected chi connectivity index (χ3v) is 4.39. The summed E-state index contributed by atoms with van der Waals surface area (Å²) in [6.07, 6.45) is 3.00. The molecule has 0 radical (unpaired) electrons. The number of aromatic nitrogens is 2. The zero-order chi connectivity index (χ0) is 16.2. The summed E-state index contributed by atoms with van der Waals surface area (Å²) in [5, 5.41) is 6.75. The minimum Gasteiger partial charge on any atom is -0.373 e. The van der Waals surface area contributed by atoms with E-state index in [1.54, 1.807) is 24.3 Å². The molecule has 0 aliphatic carbocycles. The first kappa shape index (κ1) is 15.7. The highest BCUT2D eigenvalue weighted by Gasteiger charge is 2.25. The fraction of sp³-hybridized carbons (Fsp3) is 0.400. The number of nitrogens with zero attached hydrogens (tertiary/aromatic N) is 3. The fourth-order valence-electron chi connectivity index (χ4n) is 2.43. The van der Waals surface area contributed by atoms with E-state index in [9.17, 15) is 9.59 Å². The molecule has 0 saturated carbocycles. The quantitative estimate of drug-likeness (QED) is 0.895. The Hall–Kier alpha value is -2.19. The molecule has 0 bridgehead atoms. The molecular formula is C15H18N4O3S. The van der Waals surface area contributed by atoms with Gasteiger partial charge < -0.3 is 19.5 Å². The maximum atomic E-state index is 12.4. The van der Waals surface area contributed by atoms with Gasteiger partial charge in [0.05, 0.1) is 18.3 Å². The molecule has 1 N–H and O–H groups in total. The number of amides is 1. The molecule has 0 spiro atoms. The van der Waals surface area contributed by atoms with Crippen LogP contribution in [0.25, 0.3) is 0 Å². The van der Waals surface area contributed by atoms with Crippen LogP contribution in [-0.2, 0) is 11.8 Å². The first-order valence-electron chi connectivity index (χ1n) is 7.33. The van der Waals surface area contributed by atoms with Crippen molar-refractivity contribution in [2.75, 3.05) is 31.6 Å². The molecule has 8 heteroatoms. The highest BCUT2D eigenvalue weighted by atomic mass is 32.1. The number of carbonyl (C=O) groups is 1. The highest BCUT2D eigenvalue weighted by Crippen LogP contribution is 2.13. The topological polar surface area (TPSA) is 76.5 Å². The number of morpholine rings is 1. The van der Waals surface area contributed by atoms with Crippen LogP contribution >= 0.6 is 11.3 Å². The lowest BCUT2D eigenvalue weighted by Crippen LogP contribution is -2.48. The van der Waals surface area contributed by atoms with Gasteiger partial charge in [-0.1, -0.05) is 0 Å². The SMILES string of the molecule is Cn1ccnc(NC[C@H]2CN(C(=O)c3ccsc3)CCO2)c1=O. The molecule has 1 saturated heterocycles. The molecule has 1 aliphatic rings. The van der Waals surface area contributed by atoms with Gasteiger partial charge in [0.25, 0.3) is 11.5 Å². The van der Waals surface area contributed by atoms with Crippen molar-refractivity contribution in [2.24, 2.45) is 7.05 Å². The number of hydrogen-bond acceptors (Lipinski definition) is 6. The smallest absolute Gasteiger partial charge is 0.293 e. The van der Waals surface area contributed by atoms with Gasteiger partial charge in [-0.3, -0.25) is 9.59 Å². The number of thiophene rings is 1. The van der Waals surface area contributed by atoms with E-state index in [0.29, 0.717) is 37.6 Å².